The smallest absolute Gasteiger partial charge is 0.283 e. The van der Waals surface area contributed by atoms with Crippen LogP contribution in [0.15, 0.2) is 48.5 Å². The minimum atomic E-state index is -0.223. The summed E-state index contributed by atoms with van der Waals surface area (Å²) in [5, 5.41) is 6.19. The number of hydrogen-bond donors (Lipinski definition) is 3. The van der Waals surface area contributed by atoms with Crippen LogP contribution in [0, 0.1) is 5.92 Å². The van der Waals surface area contributed by atoms with Crippen molar-refractivity contribution < 1.29 is 24.0 Å². The summed E-state index contributed by atoms with van der Waals surface area (Å²) in [6.45, 7) is 1.79. The summed E-state index contributed by atoms with van der Waals surface area (Å²) in [7, 11) is 0. The lowest BCUT2D eigenvalue weighted by Gasteiger charge is -2.33. The molecule has 2 amide bonds. The van der Waals surface area contributed by atoms with Gasteiger partial charge in [0.25, 0.3) is 5.91 Å². The van der Waals surface area contributed by atoms with E-state index in [9.17, 15) is 9.59 Å². The predicted octanol–water partition coefficient (Wildman–Crippen LogP) is 1.67. The minimum absolute atomic E-state index is 0.0246. The lowest BCUT2D eigenvalue weighted by atomic mass is 9.93. The van der Waals surface area contributed by atoms with Gasteiger partial charge >= 0.3 is 0 Å². The maximum absolute atomic E-state index is 13.0. The van der Waals surface area contributed by atoms with Crippen molar-refractivity contribution in [2.24, 2.45) is 5.92 Å². The first-order valence-electron chi connectivity index (χ1n) is 11.1. The zero-order valence-electron chi connectivity index (χ0n) is 17.4. The number of benzene rings is 2. The fourth-order valence-corrected chi connectivity index (χ4v) is 4.49. The van der Waals surface area contributed by atoms with Crippen LogP contribution in [-0.4, -0.2) is 37.7 Å². The molecular formula is C24H28N3O4+. The van der Waals surface area contributed by atoms with Crippen LogP contribution < -0.4 is 25.0 Å². The standard InChI is InChI=1S/C24H27N3O4/c28-23(26-19-8-9-20-21(14-19)31-15-30-20)17-10-12-27(13-11-17)22(16-4-2-1-3-5-16)24(29)25-18-6-7-18/h1-5,8-9,14,17-18,22H,6-7,10-13,15H2,(H,25,29)(H,26,28)/p+1/t22-/m1/s1. The molecule has 2 aromatic carbocycles. The molecule has 2 aliphatic heterocycles. The normalized spacial score (nSPS) is 23.1. The second-order valence-electron chi connectivity index (χ2n) is 8.62. The highest BCUT2D eigenvalue weighted by Crippen LogP contribution is 2.34. The van der Waals surface area contributed by atoms with Crippen LogP contribution in [0.2, 0.25) is 0 Å². The van der Waals surface area contributed by atoms with Gasteiger partial charge in [0, 0.05) is 42.1 Å². The Morgan fingerprint density at radius 2 is 1.68 bits per heavy atom. The number of nitrogens with one attached hydrogen (secondary N) is 3. The molecule has 1 saturated carbocycles. The Morgan fingerprint density at radius 3 is 2.42 bits per heavy atom. The van der Waals surface area contributed by atoms with E-state index in [4.69, 9.17) is 9.47 Å². The van der Waals surface area contributed by atoms with E-state index in [0.29, 0.717) is 17.5 Å². The Labute approximate surface area is 181 Å². The second-order valence-corrected chi connectivity index (χ2v) is 8.62. The van der Waals surface area contributed by atoms with Crippen molar-refractivity contribution in [3.63, 3.8) is 0 Å². The third-order valence-electron chi connectivity index (χ3n) is 6.37. The number of hydrogen-bond acceptors (Lipinski definition) is 4. The fourth-order valence-electron chi connectivity index (χ4n) is 4.49. The molecule has 0 radical (unpaired) electrons. The van der Waals surface area contributed by atoms with Crippen LogP contribution in [0.4, 0.5) is 5.69 Å². The summed E-state index contributed by atoms with van der Waals surface area (Å²) < 4.78 is 10.7. The maximum Gasteiger partial charge on any atom is 0.283 e. The Morgan fingerprint density at radius 1 is 0.935 bits per heavy atom. The third kappa shape index (κ3) is 4.51. The third-order valence-corrected chi connectivity index (χ3v) is 6.37. The van der Waals surface area contributed by atoms with Crippen LogP contribution in [-0.2, 0) is 9.59 Å². The first-order chi connectivity index (χ1) is 15.2. The van der Waals surface area contributed by atoms with Crippen LogP contribution >= 0.6 is 0 Å². The van der Waals surface area contributed by atoms with E-state index in [0.717, 1.165) is 50.0 Å². The summed E-state index contributed by atoms with van der Waals surface area (Å²) in [6, 6.07) is 15.6. The Hall–Kier alpha value is -3.06. The molecule has 0 unspecified atom stereocenters. The van der Waals surface area contributed by atoms with E-state index < -0.39 is 0 Å². The zero-order valence-corrected chi connectivity index (χ0v) is 17.4. The first kappa shape index (κ1) is 19.9. The molecule has 5 rings (SSSR count). The molecule has 3 aliphatic rings. The van der Waals surface area contributed by atoms with Gasteiger partial charge in [-0.1, -0.05) is 30.3 Å². The molecule has 2 fully saturated rings. The summed E-state index contributed by atoms with van der Waals surface area (Å²) in [4.78, 5) is 27.1. The van der Waals surface area contributed by atoms with Crippen molar-refractivity contribution in [2.45, 2.75) is 37.8 Å². The molecule has 2 aromatic rings. The Kier molecular flexibility index (Phi) is 5.51. The van der Waals surface area contributed by atoms with Crippen LogP contribution in [0.5, 0.6) is 11.5 Å². The number of ether oxygens (including phenoxy) is 2. The van der Waals surface area contributed by atoms with Crippen molar-refractivity contribution >= 4 is 17.5 Å². The van der Waals surface area contributed by atoms with E-state index >= 15 is 0 Å². The number of piperidine rings is 1. The van der Waals surface area contributed by atoms with Gasteiger partial charge in [0.05, 0.1) is 13.1 Å². The number of fused-ring (bicyclic) bond motifs is 1. The molecule has 0 aromatic heterocycles. The highest BCUT2D eigenvalue weighted by molar-refractivity contribution is 5.93. The molecule has 7 heteroatoms. The average molecular weight is 423 g/mol. The van der Waals surface area contributed by atoms with Gasteiger partial charge in [0.2, 0.25) is 12.7 Å². The van der Waals surface area contributed by atoms with E-state index in [-0.39, 0.29) is 30.6 Å². The molecule has 31 heavy (non-hydrogen) atoms. The maximum atomic E-state index is 13.0. The minimum Gasteiger partial charge on any atom is -0.454 e. The lowest BCUT2D eigenvalue weighted by molar-refractivity contribution is -0.927. The van der Waals surface area contributed by atoms with E-state index in [1.54, 1.807) is 6.07 Å². The quantitative estimate of drug-likeness (QED) is 0.662. The number of carbonyl (C=O) groups is 2. The summed E-state index contributed by atoms with van der Waals surface area (Å²) in [5.74, 6) is 1.43. The van der Waals surface area contributed by atoms with Crippen molar-refractivity contribution in [3.8, 4) is 11.5 Å². The molecule has 1 aliphatic carbocycles. The van der Waals surface area contributed by atoms with Crippen molar-refractivity contribution in [1.29, 1.82) is 0 Å². The van der Waals surface area contributed by atoms with E-state index in [2.05, 4.69) is 10.6 Å². The molecule has 0 spiro atoms. The topological polar surface area (TPSA) is 81.1 Å². The molecule has 162 valence electrons. The highest BCUT2D eigenvalue weighted by atomic mass is 16.7. The van der Waals surface area contributed by atoms with Crippen LogP contribution in [0.25, 0.3) is 0 Å². The largest absolute Gasteiger partial charge is 0.454 e. The monoisotopic (exact) mass is 422 g/mol. The summed E-state index contributed by atoms with van der Waals surface area (Å²) >= 11 is 0. The molecule has 3 N–H and O–H groups in total. The lowest BCUT2D eigenvalue weighted by Crippen LogP contribution is -3.14. The average Bonchev–Trinajstić information content (AvgIpc) is 3.48. The number of rotatable bonds is 6. The van der Waals surface area contributed by atoms with Crippen molar-refractivity contribution in [1.82, 2.24) is 5.32 Å². The number of anilines is 1. The molecule has 0 bridgehead atoms. The van der Waals surface area contributed by atoms with Gasteiger partial charge in [0.15, 0.2) is 17.5 Å². The Bertz CT molecular complexity index is 953. The van der Waals surface area contributed by atoms with Gasteiger partial charge in [-0.2, -0.15) is 0 Å². The molecule has 1 saturated heterocycles. The second kappa shape index (κ2) is 8.59. The summed E-state index contributed by atoms with van der Waals surface area (Å²) in [6.07, 6.45) is 3.66. The molecule has 1 atom stereocenters. The van der Waals surface area contributed by atoms with Crippen molar-refractivity contribution in [2.75, 3.05) is 25.2 Å². The van der Waals surface area contributed by atoms with Crippen molar-refractivity contribution in [3.05, 3.63) is 54.1 Å². The predicted molar refractivity (Wildman–Crippen MR) is 115 cm³/mol. The molecular weight excluding hydrogens is 394 g/mol. The number of carbonyl (C=O) groups excluding carboxylic acids is 2. The molecule has 7 nitrogen and oxygen atoms in total. The Balaban J connectivity index is 1.21. The fraction of sp³-hybridized carbons (Fsp3) is 0.417. The van der Waals surface area contributed by atoms with Gasteiger partial charge < -0.3 is 25.0 Å². The SMILES string of the molecule is O=C(Nc1ccc2c(c1)OCO2)C1CC[NH+]([C@@H](C(=O)NC2CC2)c2ccccc2)CC1. The van der Waals surface area contributed by atoms with E-state index in [1.165, 1.54) is 4.90 Å². The van der Waals surface area contributed by atoms with Gasteiger partial charge in [-0.25, -0.2) is 0 Å². The number of quaternary nitrogens is 1. The summed E-state index contributed by atoms with van der Waals surface area (Å²) in [5.41, 5.74) is 1.76. The molecule has 2 heterocycles. The van der Waals surface area contributed by atoms with Gasteiger partial charge in [-0.05, 0) is 25.0 Å². The number of amides is 2. The van der Waals surface area contributed by atoms with E-state index in [1.807, 2.05) is 42.5 Å². The van der Waals surface area contributed by atoms with Gasteiger partial charge in [-0.15, -0.1) is 0 Å². The first-order valence-corrected chi connectivity index (χ1v) is 11.1. The van der Waals surface area contributed by atoms with Gasteiger partial charge in [-0.3, -0.25) is 9.59 Å². The van der Waals surface area contributed by atoms with Crippen LogP contribution in [0.3, 0.4) is 0 Å². The van der Waals surface area contributed by atoms with Gasteiger partial charge in [0.1, 0.15) is 0 Å². The zero-order chi connectivity index (χ0) is 21.2. The van der Waals surface area contributed by atoms with Crippen LogP contribution in [0.1, 0.15) is 37.3 Å². The highest BCUT2D eigenvalue weighted by Gasteiger charge is 2.38. The number of likely N-dealkylation sites (tertiary alicyclic amines) is 1.